The highest BCUT2D eigenvalue weighted by atomic mass is 15.3. The molecule has 0 bridgehead atoms. The van der Waals surface area contributed by atoms with Crippen molar-refractivity contribution in [1.29, 1.82) is 0 Å². The topological polar surface area (TPSA) is 22.9 Å². The zero-order valence-corrected chi connectivity index (χ0v) is 6.17. The van der Waals surface area contributed by atoms with Gasteiger partial charge in [0.05, 0.1) is 19.3 Å². The van der Waals surface area contributed by atoms with Crippen molar-refractivity contribution in [2.45, 2.75) is 13.1 Å². The van der Waals surface area contributed by atoms with E-state index >= 15 is 0 Å². The van der Waals surface area contributed by atoms with Crippen LogP contribution in [-0.4, -0.2) is 23.6 Å². The Kier molecular flexibility index (Phi) is 1.24. The summed E-state index contributed by atoms with van der Waals surface area (Å²) in [6.45, 7) is 3.32. The number of hydrogen-bond acceptors (Lipinski definition) is 1. The van der Waals surface area contributed by atoms with E-state index in [2.05, 4.69) is 27.8 Å². The third-order valence-electron chi connectivity index (χ3n) is 1.99. The van der Waals surface area contributed by atoms with E-state index in [0.717, 1.165) is 19.6 Å². The lowest BCUT2D eigenvalue weighted by Gasteiger charge is -2.16. The number of fused-ring (bicyclic) bond motifs is 1. The van der Waals surface area contributed by atoms with Gasteiger partial charge in [0.2, 0.25) is 5.69 Å². The Balaban J connectivity index is 2.30. The molecule has 1 aromatic heterocycles. The SMILES string of the molecule is CN1CC[n+]2[nH]ccc2C1. The van der Waals surface area contributed by atoms with E-state index in [-0.39, 0.29) is 0 Å². The molecule has 0 saturated heterocycles. The summed E-state index contributed by atoms with van der Waals surface area (Å²) in [5, 5.41) is 3.17. The molecule has 0 aromatic carbocycles. The summed E-state index contributed by atoms with van der Waals surface area (Å²) in [5.74, 6) is 0. The summed E-state index contributed by atoms with van der Waals surface area (Å²) < 4.78 is 2.19. The fourth-order valence-electron chi connectivity index (χ4n) is 1.37. The molecule has 1 N–H and O–H groups in total. The van der Waals surface area contributed by atoms with Gasteiger partial charge in [-0.3, -0.25) is 4.90 Å². The molecule has 1 aliphatic heterocycles. The molecule has 0 radical (unpaired) electrons. The summed E-state index contributed by atoms with van der Waals surface area (Å²) in [5.41, 5.74) is 1.38. The molecule has 3 heteroatoms. The lowest BCUT2D eigenvalue weighted by molar-refractivity contribution is -0.762. The van der Waals surface area contributed by atoms with Crippen molar-refractivity contribution in [1.82, 2.24) is 10.00 Å². The van der Waals surface area contributed by atoms with E-state index in [0.29, 0.717) is 0 Å². The van der Waals surface area contributed by atoms with Gasteiger partial charge >= 0.3 is 0 Å². The molecule has 1 aliphatic rings. The van der Waals surface area contributed by atoms with Crippen molar-refractivity contribution in [3.05, 3.63) is 18.0 Å². The molecule has 2 heterocycles. The van der Waals surface area contributed by atoms with Crippen LogP contribution in [0.5, 0.6) is 0 Å². The largest absolute Gasteiger partial charge is 0.290 e. The van der Waals surface area contributed by atoms with Gasteiger partial charge in [-0.05, 0) is 7.05 Å². The number of hydrogen-bond donors (Lipinski definition) is 1. The van der Waals surface area contributed by atoms with E-state index in [1.165, 1.54) is 5.69 Å². The lowest BCUT2D eigenvalue weighted by Crippen LogP contribution is -2.49. The summed E-state index contributed by atoms with van der Waals surface area (Å²) in [7, 11) is 2.15. The summed E-state index contributed by atoms with van der Waals surface area (Å²) in [4.78, 5) is 2.32. The number of likely N-dealkylation sites (N-methyl/N-ethyl adjacent to an activating group) is 1. The van der Waals surface area contributed by atoms with Crippen molar-refractivity contribution >= 4 is 0 Å². The van der Waals surface area contributed by atoms with Gasteiger partial charge in [-0.1, -0.05) is 0 Å². The maximum Gasteiger partial charge on any atom is 0.221 e. The number of aromatic nitrogens is 2. The fraction of sp³-hybridized carbons (Fsp3) is 0.571. The standard InChI is InChI=1S/C7H11N3/c1-9-4-5-10-7(6-9)2-3-8-10/h2-3H,4-6H2,1H3/p+1. The number of aromatic amines is 1. The maximum absolute atomic E-state index is 3.17. The van der Waals surface area contributed by atoms with Crippen molar-refractivity contribution in [3.8, 4) is 0 Å². The molecule has 0 spiro atoms. The van der Waals surface area contributed by atoms with Gasteiger partial charge in [-0.25, -0.2) is 0 Å². The zero-order valence-electron chi connectivity index (χ0n) is 6.17. The minimum absolute atomic E-state index is 1.07. The molecule has 54 valence electrons. The Bertz CT molecular complexity index is 229. The van der Waals surface area contributed by atoms with Crippen molar-refractivity contribution in [3.63, 3.8) is 0 Å². The van der Waals surface area contributed by atoms with Crippen LogP contribution < -0.4 is 4.68 Å². The fourth-order valence-corrected chi connectivity index (χ4v) is 1.37. The Labute approximate surface area is 60.3 Å². The predicted octanol–water partition coefficient (Wildman–Crippen LogP) is -0.252. The molecule has 3 nitrogen and oxygen atoms in total. The number of rotatable bonds is 0. The maximum atomic E-state index is 3.17. The molecule has 10 heavy (non-hydrogen) atoms. The van der Waals surface area contributed by atoms with Crippen LogP contribution in [0, 0.1) is 0 Å². The van der Waals surface area contributed by atoms with Crippen LogP contribution in [0.15, 0.2) is 12.3 Å². The number of H-pyrrole nitrogens is 1. The van der Waals surface area contributed by atoms with Crippen molar-refractivity contribution in [2.24, 2.45) is 0 Å². The van der Waals surface area contributed by atoms with Gasteiger partial charge in [0.25, 0.3) is 0 Å². The third-order valence-corrected chi connectivity index (χ3v) is 1.99. The molecule has 2 rings (SSSR count). The highest BCUT2D eigenvalue weighted by Crippen LogP contribution is 2.00. The zero-order chi connectivity index (χ0) is 6.97. The van der Waals surface area contributed by atoms with Crippen LogP contribution in [0.4, 0.5) is 0 Å². The second kappa shape index (κ2) is 2.09. The molecule has 1 aromatic rings. The number of nitrogens with one attached hydrogen (secondary N) is 1. The van der Waals surface area contributed by atoms with Gasteiger partial charge in [-0.2, -0.15) is 5.10 Å². The van der Waals surface area contributed by atoms with Gasteiger partial charge < -0.3 is 0 Å². The summed E-state index contributed by atoms with van der Waals surface area (Å²) in [6, 6.07) is 2.13. The van der Waals surface area contributed by atoms with Gasteiger partial charge in [-0.15, -0.1) is 4.68 Å². The van der Waals surface area contributed by atoms with Gasteiger partial charge in [0, 0.05) is 6.07 Å². The molecule has 0 atom stereocenters. The highest BCUT2D eigenvalue weighted by Gasteiger charge is 2.19. The molecule has 0 unspecified atom stereocenters. The summed E-state index contributed by atoms with van der Waals surface area (Å²) >= 11 is 0. The Morgan fingerprint density at radius 1 is 1.70 bits per heavy atom. The van der Waals surface area contributed by atoms with E-state index in [1.54, 1.807) is 0 Å². The van der Waals surface area contributed by atoms with E-state index in [4.69, 9.17) is 0 Å². The molecular weight excluding hydrogens is 126 g/mol. The van der Waals surface area contributed by atoms with Crippen LogP contribution in [-0.2, 0) is 13.1 Å². The van der Waals surface area contributed by atoms with Crippen LogP contribution >= 0.6 is 0 Å². The first-order valence-corrected chi connectivity index (χ1v) is 3.61. The minimum atomic E-state index is 1.07. The van der Waals surface area contributed by atoms with E-state index in [1.807, 2.05) is 6.20 Å². The van der Waals surface area contributed by atoms with Gasteiger partial charge in [0.1, 0.15) is 0 Å². The van der Waals surface area contributed by atoms with Crippen LogP contribution in [0.3, 0.4) is 0 Å². The molecule has 0 aliphatic carbocycles. The number of nitrogens with zero attached hydrogens (tertiary/aromatic N) is 2. The first-order chi connectivity index (χ1) is 4.86. The second-order valence-electron chi connectivity index (χ2n) is 2.84. The Hall–Kier alpha value is -0.830. The predicted molar refractivity (Wildman–Crippen MR) is 37.3 cm³/mol. The van der Waals surface area contributed by atoms with Crippen LogP contribution in [0.1, 0.15) is 5.69 Å². The first kappa shape index (κ1) is 5.92. The van der Waals surface area contributed by atoms with Crippen molar-refractivity contribution < 1.29 is 4.68 Å². The smallest absolute Gasteiger partial charge is 0.221 e. The monoisotopic (exact) mass is 138 g/mol. The molecule has 0 amide bonds. The lowest BCUT2D eigenvalue weighted by atomic mass is 10.3. The average Bonchev–Trinajstić information content (AvgIpc) is 2.33. The Morgan fingerprint density at radius 2 is 2.60 bits per heavy atom. The summed E-state index contributed by atoms with van der Waals surface area (Å²) in [6.07, 6.45) is 1.99. The Morgan fingerprint density at radius 3 is 3.50 bits per heavy atom. The molecule has 0 fully saturated rings. The third kappa shape index (κ3) is 0.827. The normalized spacial score (nSPS) is 18.9. The second-order valence-corrected chi connectivity index (χ2v) is 2.84. The van der Waals surface area contributed by atoms with Gasteiger partial charge in [0.15, 0.2) is 6.54 Å². The van der Waals surface area contributed by atoms with Crippen LogP contribution in [0.2, 0.25) is 0 Å². The first-order valence-electron chi connectivity index (χ1n) is 3.61. The molecular formula is C7H12N3+. The minimum Gasteiger partial charge on any atom is -0.290 e. The van der Waals surface area contributed by atoms with E-state index < -0.39 is 0 Å². The van der Waals surface area contributed by atoms with Crippen molar-refractivity contribution in [2.75, 3.05) is 13.6 Å². The van der Waals surface area contributed by atoms with E-state index in [9.17, 15) is 0 Å². The quantitative estimate of drug-likeness (QED) is 0.491. The van der Waals surface area contributed by atoms with Crippen LogP contribution in [0.25, 0.3) is 0 Å². The highest BCUT2D eigenvalue weighted by molar-refractivity contribution is 4.91. The molecule has 0 saturated carbocycles. The average molecular weight is 138 g/mol.